The highest BCUT2D eigenvalue weighted by atomic mass is 16.6. The van der Waals surface area contributed by atoms with Gasteiger partial charge in [0.2, 0.25) is 0 Å². The minimum atomic E-state index is -0.479. The van der Waals surface area contributed by atoms with Crippen molar-refractivity contribution >= 4 is 11.5 Å². The van der Waals surface area contributed by atoms with Crippen molar-refractivity contribution in [2.75, 3.05) is 13.1 Å². The Morgan fingerprint density at radius 3 is 2.50 bits per heavy atom. The molecule has 0 aliphatic carbocycles. The second kappa shape index (κ2) is 5.97. The number of hydrogen-bond donors (Lipinski definition) is 1. The van der Waals surface area contributed by atoms with Crippen LogP contribution in [0.3, 0.4) is 0 Å². The maximum atomic E-state index is 11.6. The fourth-order valence-corrected chi connectivity index (χ4v) is 1.29. The van der Waals surface area contributed by atoms with Gasteiger partial charge in [0.25, 0.3) is 5.69 Å². The zero-order chi connectivity index (χ0) is 12.0. The second-order valence-corrected chi connectivity index (χ2v) is 3.33. The lowest BCUT2D eigenvalue weighted by Gasteiger charge is -2.01. The monoisotopic (exact) mass is 222 g/mol. The Labute approximate surface area is 93.6 Å². The fraction of sp³-hybridized carbons (Fsp3) is 0.364. The van der Waals surface area contributed by atoms with Crippen LogP contribution in [0.5, 0.6) is 0 Å². The van der Waals surface area contributed by atoms with Gasteiger partial charge < -0.3 is 5.32 Å². The molecule has 0 saturated heterocycles. The molecule has 0 heterocycles. The van der Waals surface area contributed by atoms with E-state index in [1.54, 1.807) is 0 Å². The summed E-state index contributed by atoms with van der Waals surface area (Å²) in [6, 6.07) is 5.68. The number of carbonyl (C=O) groups excluding carboxylic acids is 1. The number of Topliss-reactive ketones (excluding diaryl/α,β-unsaturated/α-hetero) is 1. The van der Waals surface area contributed by atoms with Gasteiger partial charge in [0.05, 0.1) is 4.92 Å². The molecule has 1 N–H and O–H groups in total. The quantitative estimate of drug-likeness (QED) is 0.344. The SMILES string of the molecule is CCNCCC(=O)c1ccc([N+](=O)[O-])cc1. The van der Waals surface area contributed by atoms with Crippen molar-refractivity contribution in [2.45, 2.75) is 13.3 Å². The number of nitrogens with zero attached hydrogens (tertiary/aromatic N) is 1. The Balaban J connectivity index is 2.59. The highest BCUT2D eigenvalue weighted by Gasteiger charge is 2.08. The third-order valence-corrected chi connectivity index (χ3v) is 2.18. The second-order valence-electron chi connectivity index (χ2n) is 3.33. The molecule has 1 aromatic carbocycles. The van der Waals surface area contributed by atoms with Gasteiger partial charge in [-0.2, -0.15) is 0 Å². The molecule has 86 valence electrons. The molecular weight excluding hydrogens is 208 g/mol. The smallest absolute Gasteiger partial charge is 0.269 e. The molecule has 0 saturated carbocycles. The summed E-state index contributed by atoms with van der Waals surface area (Å²) in [5.41, 5.74) is 0.520. The van der Waals surface area contributed by atoms with Crippen LogP contribution in [-0.4, -0.2) is 23.8 Å². The van der Waals surface area contributed by atoms with Crippen LogP contribution in [0.2, 0.25) is 0 Å². The lowest BCUT2D eigenvalue weighted by molar-refractivity contribution is -0.384. The molecule has 5 heteroatoms. The predicted molar refractivity (Wildman–Crippen MR) is 60.6 cm³/mol. The highest BCUT2D eigenvalue weighted by Crippen LogP contribution is 2.12. The van der Waals surface area contributed by atoms with E-state index in [1.165, 1.54) is 24.3 Å². The van der Waals surface area contributed by atoms with Crippen molar-refractivity contribution in [2.24, 2.45) is 0 Å². The summed E-state index contributed by atoms with van der Waals surface area (Å²) in [6.45, 7) is 3.43. The lowest BCUT2D eigenvalue weighted by atomic mass is 10.1. The Morgan fingerprint density at radius 2 is 2.00 bits per heavy atom. The Hall–Kier alpha value is -1.75. The third-order valence-electron chi connectivity index (χ3n) is 2.18. The van der Waals surface area contributed by atoms with Crippen molar-refractivity contribution in [1.29, 1.82) is 0 Å². The van der Waals surface area contributed by atoms with Crippen molar-refractivity contribution in [3.8, 4) is 0 Å². The van der Waals surface area contributed by atoms with E-state index in [-0.39, 0.29) is 11.5 Å². The number of ketones is 1. The standard InChI is InChI=1S/C11H14N2O3/c1-2-12-8-7-11(14)9-3-5-10(6-4-9)13(15)16/h3-6,12H,2,7-8H2,1H3. The Bertz CT molecular complexity index is 373. The van der Waals surface area contributed by atoms with E-state index in [0.29, 0.717) is 18.5 Å². The van der Waals surface area contributed by atoms with Crippen LogP contribution in [0.15, 0.2) is 24.3 Å². The molecule has 0 fully saturated rings. The first-order valence-corrected chi connectivity index (χ1v) is 5.13. The molecule has 0 unspecified atom stereocenters. The molecule has 0 amide bonds. The molecule has 0 aromatic heterocycles. The summed E-state index contributed by atoms with van der Waals surface area (Å²) < 4.78 is 0. The van der Waals surface area contributed by atoms with Crippen LogP contribution in [0.25, 0.3) is 0 Å². The van der Waals surface area contributed by atoms with Gasteiger partial charge in [-0.3, -0.25) is 14.9 Å². The van der Waals surface area contributed by atoms with E-state index in [9.17, 15) is 14.9 Å². The van der Waals surface area contributed by atoms with E-state index < -0.39 is 4.92 Å². The lowest BCUT2D eigenvalue weighted by Crippen LogP contribution is -2.17. The zero-order valence-corrected chi connectivity index (χ0v) is 9.10. The van der Waals surface area contributed by atoms with Crippen molar-refractivity contribution in [1.82, 2.24) is 5.32 Å². The van der Waals surface area contributed by atoms with Crippen LogP contribution >= 0.6 is 0 Å². The van der Waals surface area contributed by atoms with Gasteiger partial charge in [0.15, 0.2) is 5.78 Å². The first-order valence-electron chi connectivity index (χ1n) is 5.13. The van der Waals surface area contributed by atoms with Gasteiger partial charge in [0.1, 0.15) is 0 Å². The molecule has 0 radical (unpaired) electrons. The molecule has 1 aromatic rings. The Morgan fingerprint density at radius 1 is 1.38 bits per heavy atom. The number of benzene rings is 1. The van der Waals surface area contributed by atoms with Gasteiger partial charge >= 0.3 is 0 Å². The molecule has 16 heavy (non-hydrogen) atoms. The van der Waals surface area contributed by atoms with E-state index >= 15 is 0 Å². The van der Waals surface area contributed by atoms with Gasteiger partial charge in [-0.15, -0.1) is 0 Å². The van der Waals surface area contributed by atoms with Crippen LogP contribution in [0.4, 0.5) is 5.69 Å². The zero-order valence-electron chi connectivity index (χ0n) is 9.10. The molecule has 0 aliphatic rings. The maximum Gasteiger partial charge on any atom is 0.269 e. The first-order chi connectivity index (χ1) is 7.65. The summed E-state index contributed by atoms with van der Waals surface area (Å²) in [5, 5.41) is 13.5. The van der Waals surface area contributed by atoms with E-state index in [0.717, 1.165) is 6.54 Å². The summed E-state index contributed by atoms with van der Waals surface area (Å²) in [6.07, 6.45) is 0.408. The minimum absolute atomic E-state index is 0.00299. The summed E-state index contributed by atoms with van der Waals surface area (Å²) >= 11 is 0. The number of nitrogens with one attached hydrogen (secondary N) is 1. The summed E-state index contributed by atoms with van der Waals surface area (Å²) in [7, 11) is 0. The normalized spacial score (nSPS) is 10.1. The van der Waals surface area contributed by atoms with Crippen LogP contribution < -0.4 is 5.32 Å². The van der Waals surface area contributed by atoms with Crippen molar-refractivity contribution in [3.05, 3.63) is 39.9 Å². The topological polar surface area (TPSA) is 72.2 Å². The highest BCUT2D eigenvalue weighted by molar-refractivity contribution is 5.96. The number of nitro benzene ring substituents is 1. The molecule has 0 spiro atoms. The third kappa shape index (κ3) is 3.43. The largest absolute Gasteiger partial charge is 0.317 e. The van der Waals surface area contributed by atoms with E-state index in [1.807, 2.05) is 6.92 Å². The number of rotatable bonds is 6. The number of non-ortho nitro benzene ring substituents is 1. The summed E-state index contributed by atoms with van der Waals surface area (Å²) in [4.78, 5) is 21.5. The van der Waals surface area contributed by atoms with Gasteiger partial charge in [-0.25, -0.2) is 0 Å². The molecule has 0 atom stereocenters. The van der Waals surface area contributed by atoms with E-state index in [2.05, 4.69) is 5.32 Å². The predicted octanol–water partition coefficient (Wildman–Crippen LogP) is 1.78. The molecule has 1 rings (SSSR count). The number of carbonyl (C=O) groups is 1. The molecule has 0 aliphatic heterocycles. The number of nitro groups is 1. The van der Waals surface area contributed by atoms with Crippen LogP contribution in [0.1, 0.15) is 23.7 Å². The average molecular weight is 222 g/mol. The van der Waals surface area contributed by atoms with Crippen molar-refractivity contribution < 1.29 is 9.72 Å². The van der Waals surface area contributed by atoms with Crippen LogP contribution in [0, 0.1) is 10.1 Å². The maximum absolute atomic E-state index is 11.6. The minimum Gasteiger partial charge on any atom is -0.317 e. The van der Waals surface area contributed by atoms with Gasteiger partial charge in [-0.05, 0) is 18.7 Å². The van der Waals surface area contributed by atoms with Gasteiger partial charge in [-0.1, -0.05) is 6.92 Å². The summed E-state index contributed by atoms with van der Waals surface area (Å²) in [5.74, 6) is -0.00384. The Kier molecular flexibility index (Phi) is 4.60. The fourth-order valence-electron chi connectivity index (χ4n) is 1.29. The molecular formula is C11H14N2O3. The van der Waals surface area contributed by atoms with E-state index in [4.69, 9.17) is 0 Å². The van der Waals surface area contributed by atoms with Crippen molar-refractivity contribution in [3.63, 3.8) is 0 Å². The van der Waals surface area contributed by atoms with Gasteiger partial charge in [0, 0.05) is 30.7 Å². The first kappa shape index (κ1) is 12.3. The average Bonchev–Trinajstić information content (AvgIpc) is 2.29. The van der Waals surface area contributed by atoms with Crippen LogP contribution in [-0.2, 0) is 0 Å². The number of hydrogen-bond acceptors (Lipinski definition) is 4. The molecule has 5 nitrogen and oxygen atoms in total. The molecule has 0 bridgehead atoms.